The van der Waals surface area contributed by atoms with Crippen LogP contribution in [0.2, 0.25) is 0 Å². The molecular formula is C15H15N3O3. The molecule has 0 saturated carbocycles. The number of hydrogen-bond donors (Lipinski definition) is 2. The number of fused-ring (bicyclic) bond motifs is 4. The predicted molar refractivity (Wildman–Crippen MR) is 76.7 cm³/mol. The first-order valence-corrected chi connectivity index (χ1v) is 6.93. The van der Waals surface area contributed by atoms with Gasteiger partial charge < -0.3 is 19.8 Å². The molecule has 2 N–H and O–H groups in total. The number of ether oxygens (including phenoxy) is 1. The van der Waals surface area contributed by atoms with Crippen molar-refractivity contribution >= 4 is 22.5 Å². The van der Waals surface area contributed by atoms with Crippen molar-refractivity contribution in [1.29, 1.82) is 0 Å². The number of rotatable bonds is 1. The summed E-state index contributed by atoms with van der Waals surface area (Å²) in [5, 5.41) is 13.9. The zero-order valence-corrected chi connectivity index (χ0v) is 11.6. The molecule has 2 aliphatic heterocycles. The number of nitrogens with zero attached hydrogens (tertiary/aromatic N) is 2. The van der Waals surface area contributed by atoms with Crippen LogP contribution in [0.15, 0.2) is 23.4 Å². The van der Waals surface area contributed by atoms with Gasteiger partial charge in [-0.2, -0.15) is 0 Å². The van der Waals surface area contributed by atoms with Crippen molar-refractivity contribution in [2.75, 3.05) is 7.11 Å². The smallest absolute Gasteiger partial charge is 0.223 e. The van der Waals surface area contributed by atoms with Crippen molar-refractivity contribution in [3.05, 3.63) is 29.5 Å². The van der Waals surface area contributed by atoms with Crippen LogP contribution in [0.3, 0.4) is 0 Å². The summed E-state index contributed by atoms with van der Waals surface area (Å²) in [7, 11) is 1.63. The molecule has 0 aliphatic carbocycles. The minimum Gasteiger partial charge on any atom is -0.497 e. The molecule has 0 spiro atoms. The van der Waals surface area contributed by atoms with Crippen molar-refractivity contribution in [3.63, 3.8) is 0 Å². The molecule has 1 saturated heterocycles. The number of aromatic amines is 1. The van der Waals surface area contributed by atoms with E-state index < -0.39 is 0 Å². The first-order chi connectivity index (χ1) is 10.2. The molecule has 1 amide bonds. The Labute approximate surface area is 121 Å². The Hall–Kier alpha value is -2.50. The molecule has 0 bridgehead atoms. The van der Waals surface area contributed by atoms with Gasteiger partial charge in [0.25, 0.3) is 0 Å². The van der Waals surface area contributed by atoms with E-state index in [1.54, 1.807) is 12.0 Å². The minimum atomic E-state index is -0.120. The number of amides is 1. The van der Waals surface area contributed by atoms with Gasteiger partial charge in [0.05, 0.1) is 18.8 Å². The van der Waals surface area contributed by atoms with Gasteiger partial charge in [0, 0.05) is 29.4 Å². The summed E-state index contributed by atoms with van der Waals surface area (Å²) in [6, 6.07) is 5.64. The normalized spacial score (nSPS) is 22.7. The Morgan fingerprint density at radius 3 is 3.10 bits per heavy atom. The molecule has 2 aliphatic rings. The molecule has 1 aromatic carbocycles. The quantitative estimate of drug-likeness (QED) is 0.620. The molecule has 1 unspecified atom stereocenters. The van der Waals surface area contributed by atoms with E-state index in [1.165, 1.54) is 0 Å². The number of nitrogens with one attached hydrogen (secondary N) is 1. The summed E-state index contributed by atoms with van der Waals surface area (Å²) < 4.78 is 5.27. The van der Waals surface area contributed by atoms with E-state index in [2.05, 4.69) is 10.1 Å². The summed E-state index contributed by atoms with van der Waals surface area (Å²) in [5.41, 5.74) is 3.33. The molecule has 3 heterocycles. The van der Waals surface area contributed by atoms with Gasteiger partial charge >= 0.3 is 0 Å². The highest BCUT2D eigenvalue weighted by Gasteiger charge is 2.41. The Morgan fingerprint density at radius 2 is 2.33 bits per heavy atom. The highest BCUT2D eigenvalue weighted by molar-refractivity contribution is 6.11. The molecule has 6 heteroatoms. The number of aromatic nitrogens is 1. The molecule has 6 nitrogen and oxygen atoms in total. The highest BCUT2D eigenvalue weighted by Crippen LogP contribution is 2.36. The zero-order chi connectivity index (χ0) is 14.6. The lowest BCUT2D eigenvalue weighted by Crippen LogP contribution is -2.42. The van der Waals surface area contributed by atoms with Crippen molar-refractivity contribution in [2.45, 2.75) is 25.4 Å². The fourth-order valence-corrected chi connectivity index (χ4v) is 3.41. The van der Waals surface area contributed by atoms with Gasteiger partial charge in [-0.15, -0.1) is 0 Å². The first-order valence-electron chi connectivity index (χ1n) is 6.93. The highest BCUT2D eigenvalue weighted by atomic mass is 16.5. The lowest BCUT2D eigenvalue weighted by Gasteiger charge is -2.30. The number of carbonyl (C=O) groups excluding carboxylic acids is 1. The number of hydrogen-bond acceptors (Lipinski definition) is 4. The van der Waals surface area contributed by atoms with Crippen LogP contribution in [-0.4, -0.2) is 39.9 Å². The van der Waals surface area contributed by atoms with Gasteiger partial charge in [-0.05, 0) is 24.6 Å². The van der Waals surface area contributed by atoms with Crippen LogP contribution in [0.4, 0.5) is 0 Å². The van der Waals surface area contributed by atoms with Crippen LogP contribution in [-0.2, 0) is 11.3 Å². The lowest BCUT2D eigenvalue weighted by atomic mass is 9.97. The molecule has 1 aromatic heterocycles. The second-order valence-corrected chi connectivity index (χ2v) is 5.45. The number of oxime groups is 1. The van der Waals surface area contributed by atoms with Crippen molar-refractivity contribution in [3.8, 4) is 5.75 Å². The standard InChI is InChI=1S/C15H15N3O3/c1-21-8-2-3-11-9(6-8)10-7-18-12(4-5-13(18)19)15(17-20)14(10)16-11/h2-3,6,12,16,20H,4-5,7H2,1H3/b17-15-. The minimum absolute atomic E-state index is 0.115. The molecule has 2 aromatic rings. The summed E-state index contributed by atoms with van der Waals surface area (Å²) in [6.45, 7) is 0.547. The van der Waals surface area contributed by atoms with E-state index >= 15 is 0 Å². The Kier molecular flexibility index (Phi) is 2.48. The Balaban J connectivity index is 1.95. The maximum Gasteiger partial charge on any atom is 0.223 e. The zero-order valence-electron chi connectivity index (χ0n) is 11.6. The van der Waals surface area contributed by atoms with Gasteiger partial charge in [-0.1, -0.05) is 5.16 Å². The predicted octanol–water partition coefficient (Wildman–Crippen LogP) is 1.86. The third kappa shape index (κ3) is 1.59. The maximum atomic E-state index is 12.0. The molecule has 108 valence electrons. The number of benzene rings is 1. The molecule has 4 rings (SSSR count). The second-order valence-electron chi connectivity index (χ2n) is 5.45. The van der Waals surface area contributed by atoms with Crippen LogP contribution in [0.5, 0.6) is 5.75 Å². The summed E-state index contributed by atoms with van der Waals surface area (Å²) in [4.78, 5) is 17.1. The molecule has 1 atom stereocenters. The topological polar surface area (TPSA) is 77.9 Å². The average Bonchev–Trinajstić information content (AvgIpc) is 3.06. The Morgan fingerprint density at radius 1 is 1.48 bits per heavy atom. The average molecular weight is 285 g/mol. The lowest BCUT2D eigenvalue weighted by molar-refractivity contribution is -0.128. The Bertz CT molecular complexity index is 778. The van der Waals surface area contributed by atoms with E-state index in [1.807, 2.05) is 18.2 Å². The van der Waals surface area contributed by atoms with Gasteiger partial charge in [0.1, 0.15) is 11.5 Å². The largest absolute Gasteiger partial charge is 0.497 e. The third-order valence-corrected chi connectivity index (χ3v) is 4.45. The van der Waals surface area contributed by atoms with E-state index in [0.29, 0.717) is 25.1 Å². The monoisotopic (exact) mass is 285 g/mol. The second kappa shape index (κ2) is 4.25. The van der Waals surface area contributed by atoms with E-state index in [-0.39, 0.29) is 11.9 Å². The van der Waals surface area contributed by atoms with E-state index in [4.69, 9.17) is 4.74 Å². The van der Waals surface area contributed by atoms with Crippen LogP contribution in [0.1, 0.15) is 24.1 Å². The summed E-state index contributed by atoms with van der Waals surface area (Å²) >= 11 is 0. The summed E-state index contributed by atoms with van der Waals surface area (Å²) in [5.74, 6) is 0.880. The van der Waals surface area contributed by atoms with Gasteiger partial charge in [0.15, 0.2) is 0 Å². The molecule has 1 fully saturated rings. The SMILES string of the molecule is COc1ccc2[nH]c3c(c2c1)CN1C(=O)CCC1/C3=N/O. The molecular weight excluding hydrogens is 270 g/mol. The maximum absolute atomic E-state index is 12.0. The van der Waals surface area contributed by atoms with Gasteiger partial charge in [-0.25, -0.2) is 0 Å². The first kappa shape index (κ1) is 12.3. The fourth-order valence-electron chi connectivity index (χ4n) is 3.41. The van der Waals surface area contributed by atoms with Crippen molar-refractivity contribution in [1.82, 2.24) is 9.88 Å². The van der Waals surface area contributed by atoms with Crippen LogP contribution in [0, 0.1) is 0 Å². The molecule has 21 heavy (non-hydrogen) atoms. The van der Waals surface area contributed by atoms with Crippen LogP contribution in [0.25, 0.3) is 10.9 Å². The number of H-pyrrole nitrogens is 1. The number of methoxy groups -OCH3 is 1. The van der Waals surface area contributed by atoms with Crippen molar-refractivity contribution < 1.29 is 14.7 Å². The van der Waals surface area contributed by atoms with Gasteiger partial charge in [0.2, 0.25) is 5.91 Å². The third-order valence-electron chi connectivity index (χ3n) is 4.45. The van der Waals surface area contributed by atoms with Crippen LogP contribution < -0.4 is 4.74 Å². The molecule has 0 radical (unpaired) electrons. The van der Waals surface area contributed by atoms with E-state index in [0.717, 1.165) is 27.9 Å². The number of carbonyl (C=O) groups is 1. The fraction of sp³-hybridized carbons (Fsp3) is 0.333. The van der Waals surface area contributed by atoms with Crippen molar-refractivity contribution in [2.24, 2.45) is 5.16 Å². The van der Waals surface area contributed by atoms with Crippen LogP contribution >= 0.6 is 0 Å². The summed E-state index contributed by atoms with van der Waals surface area (Å²) in [6.07, 6.45) is 1.21. The van der Waals surface area contributed by atoms with E-state index in [9.17, 15) is 10.0 Å². The van der Waals surface area contributed by atoms with Gasteiger partial charge in [-0.3, -0.25) is 4.79 Å².